The number of nitrogens with one attached hydrogen (secondary N) is 2. The molecule has 1 heterocycles. The van der Waals surface area contributed by atoms with Crippen LogP contribution in [0.15, 0.2) is 53.9 Å². The molecule has 3 rings (SSSR count). The molecule has 1 amide bonds. The van der Waals surface area contributed by atoms with Gasteiger partial charge in [0.2, 0.25) is 10.0 Å². The molecule has 164 valence electrons. The van der Waals surface area contributed by atoms with Crippen LogP contribution in [0.1, 0.15) is 26.3 Å². The van der Waals surface area contributed by atoms with E-state index in [0.29, 0.717) is 22.3 Å². The van der Waals surface area contributed by atoms with E-state index in [2.05, 4.69) is 35.8 Å². The first kappa shape index (κ1) is 22.8. The lowest BCUT2D eigenvalue weighted by Crippen LogP contribution is -2.21. The third-order valence-electron chi connectivity index (χ3n) is 4.29. The molecule has 3 aromatic rings. The third-order valence-corrected chi connectivity index (χ3v) is 5.65. The zero-order valence-corrected chi connectivity index (χ0v) is 19.4. The van der Waals surface area contributed by atoms with Gasteiger partial charge in [-0.15, -0.1) is 11.3 Å². The molecule has 0 fully saturated rings. The summed E-state index contributed by atoms with van der Waals surface area (Å²) in [6.07, 6.45) is 1.10. The van der Waals surface area contributed by atoms with Crippen molar-refractivity contribution in [2.45, 2.75) is 26.2 Å². The number of hydrogen-bond donors (Lipinski definition) is 2. The third kappa shape index (κ3) is 6.53. The van der Waals surface area contributed by atoms with Gasteiger partial charge in [0.05, 0.1) is 11.9 Å². The van der Waals surface area contributed by atoms with E-state index in [4.69, 9.17) is 4.74 Å². The second-order valence-electron chi connectivity index (χ2n) is 8.07. The quantitative estimate of drug-likeness (QED) is 0.542. The first-order valence-electron chi connectivity index (χ1n) is 9.57. The molecule has 31 heavy (non-hydrogen) atoms. The van der Waals surface area contributed by atoms with Crippen LogP contribution in [-0.2, 0) is 20.2 Å². The van der Waals surface area contributed by atoms with Crippen molar-refractivity contribution >= 4 is 38.1 Å². The molecule has 2 N–H and O–H groups in total. The number of hydrogen-bond acceptors (Lipinski definition) is 6. The monoisotopic (exact) mass is 459 g/mol. The minimum Gasteiger partial charge on any atom is -0.483 e. The van der Waals surface area contributed by atoms with E-state index in [1.807, 2.05) is 29.6 Å². The Kier molecular flexibility index (Phi) is 6.66. The highest BCUT2D eigenvalue weighted by Crippen LogP contribution is 2.31. The van der Waals surface area contributed by atoms with Gasteiger partial charge in [-0.05, 0) is 29.2 Å². The van der Waals surface area contributed by atoms with E-state index in [1.165, 1.54) is 11.3 Å². The summed E-state index contributed by atoms with van der Waals surface area (Å²) in [7, 11) is -3.32. The average Bonchev–Trinajstić information content (AvgIpc) is 3.13. The number of ether oxygens (including phenoxy) is 1. The lowest BCUT2D eigenvalue weighted by molar-refractivity contribution is -0.118. The number of carbonyl (C=O) groups is 1. The number of benzene rings is 2. The molecule has 0 aliphatic rings. The maximum Gasteiger partial charge on any atom is 0.264 e. The fourth-order valence-corrected chi connectivity index (χ4v) is 4.20. The molecule has 0 aliphatic carbocycles. The maximum absolute atomic E-state index is 12.3. The van der Waals surface area contributed by atoms with Crippen LogP contribution in [0.25, 0.3) is 11.3 Å². The molecule has 9 heteroatoms. The Hall–Kier alpha value is -2.91. The molecule has 0 spiro atoms. The molecule has 0 aliphatic heterocycles. The summed E-state index contributed by atoms with van der Waals surface area (Å²) in [6, 6.07) is 14.5. The highest BCUT2D eigenvalue weighted by atomic mass is 32.2. The summed E-state index contributed by atoms with van der Waals surface area (Å²) < 4.78 is 30.8. The van der Waals surface area contributed by atoms with Crippen molar-refractivity contribution in [3.05, 3.63) is 59.5 Å². The smallest absolute Gasteiger partial charge is 0.264 e. The lowest BCUT2D eigenvalue weighted by atomic mass is 9.86. The predicted molar refractivity (Wildman–Crippen MR) is 125 cm³/mol. The summed E-state index contributed by atoms with van der Waals surface area (Å²) in [4.78, 5) is 16.8. The van der Waals surface area contributed by atoms with Crippen LogP contribution in [0.2, 0.25) is 0 Å². The van der Waals surface area contributed by atoms with Crippen LogP contribution >= 0.6 is 11.3 Å². The largest absolute Gasteiger partial charge is 0.483 e. The van der Waals surface area contributed by atoms with Crippen molar-refractivity contribution in [2.75, 3.05) is 22.9 Å². The van der Waals surface area contributed by atoms with E-state index >= 15 is 0 Å². The van der Waals surface area contributed by atoms with Gasteiger partial charge < -0.3 is 4.74 Å². The van der Waals surface area contributed by atoms with Gasteiger partial charge in [0, 0.05) is 16.6 Å². The minimum atomic E-state index is -3.32. The summed E-state index contributed by atoms with van der Waals surface area (Å²) in [5.41, 5.74) is 2.91. The zero-order valence-electron chi connectivity index (χ0n) is 17.8. The van der Waals surface area contributed by atoms with Crippen molar-refractivity contribution in [3.63, 3.8) is 0 Å². The van der Waals surface area contributed by atoms with Crippen LogP contribution in [0.5, 0.6) is 5.75 Å². The Balaban J connectivity index is 1.61. The van der Waals surface area contributed by atoms with Gasteiger partial charge in [0.1, 0.15) is 5.75 Å². The summed E-state index contributed by atoms with van der Waals surface area (Å²) in [5.74, 6) is 0.394. The molecule has 0 unspecified atom stereocenters. The van der Waals surface area contributed by atoms with Crippen molar-refractivity contribution in [1.82, 2.24) is 4.98 Å². The topological polar surface area (TPSA) is 97.4 Å². The number of sulfonamides is 1. The first-order chi connectivity index (χ1) is 14.5. The van der Waals surface area contributed by atoms with Crippen LogP contribution in [0.3, 0.4) is 0 Å². The number of amides is 1. The maximum atomic E-state index is 12.3. The zero-order chi connectivity index (χ0) is 22.6. The molecule has 0 radical (unpaired) electrons. The number of aromatic nitrogens is 1. The molecular weight excluding hydrogens is 434 g/mol. The van der Waals surface area contributed by atoms with E-state index in [0.717, 1.165) is 17.4 Å². The number of thiazole rings is 1. The summed E-state index contributed by atoms with van der Waals surface area (Å²) in [5, 5.41) is 5.04. The number of para-hydroxylation sites is 1. The number of nitrogens with zero attached hydrogens (tertiary/aromatic N) is 1. The van der Waals surface area contributed by atoms with Gasteiger partial charge in [0.15, 0.2) is 11.7 Å². The second-order valence-corrected chi connectivity index (χ2v) is 10.7. The molecule has 0 saturated carbocycles. The molecule has 1 aromatic heterocycles. The lowest BCUT2D eigenvalue weighted by Gasteiger charge is -2.22. The molecular formula is C22H25N3O4S2. The van der Waals surface area contributed by atoms with Gasteiger partial charge >= 0.3 is 0 Å². The Bertz CT molecular complexity index is 1160. The Morgan fingerprint density at radius 2 is 1.77 bits per heavy atom. The van der Waals surface area contributed by atoms with Gasteiger partial charge in [-0.2, -0.15) is 0 Å². The van der Waals surface area contributed by atoms with Gasteiger partial charge in [-0.25, -0.2) is 13.4 Å². The summed E-state index contributed by atoms with van der Waals surface area (Å²) >= 11 is 1.31. The van der Waals surface area contributed by atoms with Crippen molar-refractivity contribution in [1.29, 1.82) is 0 Å². The highest BCUT2D eigenvalue weighted by Gasteiger charge is 2.19. The Morgan fingerprint density at radius 3 is 2.42 bits per heavy atom. The number of carbonyl (C=O) groups excluding carboxylic acids is 1. The van der Waals surface area contributed by atoms with Crippen LogP contribution in [0.4, 0.5) is 10.8 Å². The normalized spacial score (nSPS) is 11.7. The van der Waals surface area contributed by atoms with Crippen molar-refractivity contribution in [3.8, 4) is 17.0 Å². The van der Waals surface area contributed by atoms with Crippen molar-refractivity contribution in [2.24, 2.45) is 0 Å². The molecule has 2 aromatic carbocycles. The molecule has 0 saturated heterocycles. The predicted octanol–water partition coefficient (Wildman–Crippen LogP) is 4.50. The fourth-order valence-electron chi connectivity index (χ4n) is 2.90. The second kappa shape index (κ2) is 9.07. The SMILES string of the molecule is CC(C)(C)c1ccccc1OCC(=O)Nc1nc(-c2ccc(NS(C)(=O)=O)cc2)cs1. The fraction of sp³-hybridized carbons (Fsp3) is 0.273. The van der Waals surface area contributed by atoms with Gasteiger partial charge in [-0.3, -0.25) is 14.8 Å². The number of anilines is 2. The first-order valence-corrected chi connectivity index (χ1v) is 12.3. The molecule has 0 bridgehead atoms. The standard InChI is InChI=1S/C22H25N3O4S2/c1-22(2,3)17-7-5-6-8-19(17)29-13-20(26)24-21-23-18(14-30-21)15-9-11-16(12-10-15)25-31(4,27)28/h5-12,14,25H,13H2,1-4H3,(H,23,24,26). The minimum absolute atomic E-state index is 0.0936. The summed E-state index contributed by atoms with van der Waals surface area (Å²) in [6.45, 7) is 6.16. The van der Waals surface area contributed by atoms with Crippen LogP contribution in [-0.4, -0.2) is 32.2 Å². The highest BCUT2D eigenvalue weighted by molar-refractivity contribution is 7.92. The Morgan fingerprint density at radius 1 is 1.10 bits per heavy atom. The van der Waals surface area contributed by atoms with Crippen LogP contribution < -0.4 is 14.8 Å². The van der Waals surface area contributed by atoms with Gasteiger partial charge in [-0.1, -0.05) is 51.1 Å². The number of rotatable bonds is 7. The Labute approximate surface area is 186 Å². The van der Waals surface area contributed by atoms with E-state index in [9.17, 15) is 13.2 Å². The van der Waals surface area contributed by atoms with E-state index in [-0.39, 0.29) is 17.9 Å². The van der Waals surface area contributed by atoms with E-state index in [1.54, 1.807) is 24.3 Å². The molecule has 0 atom stereocenters. The van der Waals surface area contributed by atoms with E-state index < -0.39 is 10.0 Å². The van der Waals surface area contributed by atoms with Gasteiger partial charge in [0.25, 0.3) is 5.91 Å². The average molecular weight is 460 g/mol. The van der Waals surface area contributed by atoms with Crippen LogP contribution in [0, 0.1) is 0 Å². The van der Waals surface area contributed by atoms with Crippen molar-refractivity contribution < 1.29 is 17.9 Å². The molecule has 7 nitrogen and oxygen atoms in total.